The highest BCUT2D eigenvalue weighted by atomic mass is 35.5. The second-order valence-electron chi connectivity index (χ2n) is 3.97. The van der Waals surface area contributed by atoms with Gasteiger partial charge < -0.3 is 5.11 Å². The van der Waals surface area contributed by atoms with Crippen molar-refractivity contribution < 1.29 is 14.7 Å². The molecule has 0 aromatic heterocycles. The molecule has 1 aromatic carbocycles. The van der Waals surface area contributed by atoms with Gasteiger partial charge in [0, 0.05) is 5.88 Å². The van der Waals surface area contributed by atoms with Crippen molar-refractivity contribution in [2.24, 2.45) is 0 Å². The molecule has 1 heterocycles. The van der Waals surface area contributed by atoms with E-state index >= 15 is 0 Å². The fourth-order valence-electron chi connectivity index (χ4n) is 1.96. The van der Waals surface area contributed by atoms with Crippen molar-refractivity contribution in [3.05, 3.63) is 35.4 Å². The van der Waals surface area contributed by atoms with Gasteiger partial charge in [-0.1, -0.05) is 12.1 Å². The van der Waals surface area contributed by atoms with Crippen LogP contribution in [0.1, 0.15) is 20.7 Å². The molecule has 0 radical (unpaired) electrons. The quantitative estimate of drug-likeness (QED) is 0.674. The molecule has 1 aromatic rings. The number of amides is 2. The summed E-state index contributed by atoms with van der Waals surface area (Å²) in [5.74, 6) is -1.03. The Morgan fingerprint density at radius 1 is 1.06 bits per heavy atom. The van der Waals surface area contributed by atoms with Crippen LogP contribution in [0.25, 0.3) is 0 Å². The Morgan fingerprint density at radius 2 is 1.56 bits per heavy atom. The molecule has 0 unspecified atom stereocenters. The topological polar surface area (TPSA) is 57.6 Å². The van der Waals surface area contributed by atoms with Gasteiger partial charge >= 0.3 is 0 Å². The minimum Gasteiger partial charge on any atom is -0.390 e. The van der Waals surface area contributed by atoms with Crippen molar-refractivity contribution in [2.45, 2.75) is 12.1 Å². The lowest BCUT2D eigenvalue weighted by molar-refractivity contribution is 0.0428. The van der Waals surface area contributed by atoms with E-state index < -0.39 is 24.0 Å². The van der Waals surface area contributed by atoms with Crippen LogP contribution in [0.2, 0.25) is 0 Å². The molecule has 2 rings (SSSR count). The van der Waals surface area contributed by atoms with Crippen molar-refractivity contribution in [3.63, 3.8) is 0 Å². The van der Waals surface area contributed by atoms with Crippen LogP contribution in [0.15, 0.2) is 24.3 Å². The van der Waals surface area contributed by atoms with Gasteiger partial charge in [0.2, 0.25) is 0 Å². The Morgan fingerprint density at radius 3 is 1.94 bits per heavy atom. The minimum atomic E-state index is -1.04. The molecule has 0 bridgehead atoms. The van der Waals surface area contributed by atoms with Crippen molar-refractivity contribution >= 4 is 35.0 Å². The van der Waals surface area contributed by atoms with Gasteiger partial charge in [-0.05, 0) is 12.1 Å². The maximum Gasteiger partial charge on any atom is 0.261 e. The standard InChI is InChI=1S/C12H11Cl2NO3/c13-5-9(10(16)6-14)15-11(17)7-3-1-2-4-8(7)12(15)18/h1-4,9-10,16H,5-6H2/t9-,10-/m1/s1. The fraction of sp³-hybridized carbons (Fsp3) is 0.333. The van der Waals surface area contributed by atoms with Crippen LogP contribution in [0, 0.1) is 0 Å². The average Bonchev–Trinajstić information content (AvgIpc) is 2.65. The van der Waals surface area contributed by atoms with Crippen LogP contribution in [0.3, 0.4) is 0 Å². The third-order valence-corrected chi connectivity index (χ3v) is 3.55. The smallest absolute Gasteiger partial charge is 0.261 e. The lowest BCUT2D eigenvalue weighted by atomic mass is 10.1. The Hall–Kier alpha value is -1.10. The number of rotatable bonds is 4. The molecule has 0 aliphatic carbocycles. The van der Waals surface area contributed by atoms with E-state index in [1.807, 2.05) is 0 Å². The molecule has 0 spiro atoms. The number of aliphatic hydroxyl groups is 1. The number of aliphatic hydroxyl groups excluding tert-OH is 1. The number of carbonyl (C=O) groups excluding carboxylic acids is 2. The van der Waals surface area contributed by atoms with Crippen molar-refractivity contribution in [3.8, 4) is 0 Å². The summed E-state index contributed by atoms with van der Waals surface area (Å²) in [7, 11) is 0. The summed E-state index contributed by atoms with van der Waals surface area (Å²) >= 11 is 11.3. The highest BCUT2D eigenvalue weighted by molar-refractivity contribution is 6.23. The predicted molar refractivity (Wildman–Crippen MR) is 68.2 cm³/mol. The highest BCUT2D eigenvalue weighted by Crippen LogP contribution is 2.26. The van der Waals surface area contributed by atoms with Gasteiger partial charge in [-0.3, -0.25) is 14.5 Å². The minimum absolute atomic E-state index is 0.0562. The number of benzene rings is 1. The van der Waals surface area contributed by atoms with Gasteiger partial charge in [0.05, 0.1) is 29.2 Å². The van der Waals surface area contributed by atoms with E-state index in [2.05, 4.69) is 0 Å². The van der Waals surface area contributed by atoms with Gasteiger partial charge in [-0.25, -0.2) is 0 Å². The van der Waals surface area contributed by atoms with Gasteiger partial charge in [-0.15, -0.1) is 23.2 Å². The van der Waals surface area contributed by atoms with Crippen LogP contribution < -0.4 is 0 Å². The van der Waals surface area contributed by atoms with Crippen molar-refractivity contribution in [2.75, 3.05) is 11.8 Å². The van der Waals surface area contributed by atoms with E-state index in [1.165, 1.54) is 0 Å². The van der Waals surface area contributed by atoms with Crippen LogP contribution in [-0.2, 0) is 0 Å². The SMILES string of the molecule is O=C1c2ccccc2C(=O)N1[C@H](CCl)[C@H](O)CCl. The van der Waals surface area contributed by atoms with Gasteiger partial charge in [0.15, 0.2) is 0 Å². The number of hydrogen-bond donors (Lipinski definition) is 1. The summed E-state index contributed by atoms with van der Waals surface area (Å²) in [6.45, 7) is 0. The molecule has 1 aliphatic rings. The monoisotopic (exact) mass is 287 g/mol. The van der Waals surface area contributed by atoms with Gasteiger partial charge in [0.25, 0.3) is 11.8 Å². The number of alkyl halides is 2. The number of halogens is 2. The Bertz CT molecular complexity index is 457. The Labute approximate surface area is 114 Å². The van der Waals surface area contributed by atoms with E-state index in [4.69, 9.17) is 23.2 Å². The molecule has 2 atom stereocenters. The number of carbonyl (C=O) groups is 2. The molecule has 0 fully saturated rings. The molecule has 1 N–H and O–H groups in total. The molecule has 2 amide bonds. The normalized spacial score (nSPS) is 17.8. The molecule has 96 valence electrons. The third-order valence-electron chi connectivity index (χ3n) is 2.92. The van der Waals surface area contributed by atoms with Crippen LogP contribution in [0.5, 0.6) is 0 Å². The Kier molecular flexibility index (Phi) is 3.90. The lowest BCUT2D eigenvalue weighted by Crippen LogP contribution is -2.48. The third kappa shape index (κ3) is 2.00. The zero-order valence-corrected chi connectivity index (χ0v) is 10.9. The number of hydrogen-bond acceptors (Lipinski definition) is 3. The first kappa shape index (κ1) is 13.3. The Balaban J connectivity index is 2.38. The zero-order valence-electron chi connectivity index (χ0n) is 9.35. The van der Waals surface area contributed by atoms with E-state index in [0.717, 1.165) is 4.90 Å². The van der Waals surface area contributed by atoms with E-state index in [9.17, 15) is 14.7 Å². The van der Waals surface area contributed by atoms with E-state index in [-0.39, 0.29) is 11.8 Å². The fourth-order valence-corrected chi connectivity index (χ4v) is 2.51. The maximum atomic E-state index is 12.1. The second kappa shape index (κ2) is 5.26. The summed E-state index contributed by atoms with van der Waals surface area (Å²) < 4.78 is 0. The summed E-state index contributed by atoms with van der Waals surface area (Å²) in [4.78, 5) is 25.2. The predicted octanol–water partition coefficient (Wildman–Crippen LogP) is 1.49. The summed E-state index contributed by atoms with van der Waals surface area (Å²) in [5.41, 5.74) is 0.666. The van der Waals surface area contributed by atoms with Crippen LogP contribution in [-0.4, -0.2) is 45.7 Å². The lowest BCUT2D eigenvalue weighted by Gasteiger charge is -2.27. The molecule has 0 saturated heterocycles. The number of imide groups is 1. The molecule has 18 heavy (non-hydrogen) atoms. The van der Waals surface area contributed by atoms with E-state index in [1.54, 1.807) is 24.3 Å². The van der Waals surface area contributed by atoms with Crippen molar-refractivity contribution in [1.82, 2.24) is 4.90 Å². The first-order valence-electron chi connectivity index (χ1n) is 5.38. The molecular formula is C12H11Cl2NO3. The van der Waals surface area contributed by atoms with Crippen LogP contribution >= 0.6 is 23.2 Å². The second-order valence-corrected chi connectivity index (χ2v) is 4.59. The summed E-state index contributed by atoms with van der Waals surface area (Å²) in [5, 5.41) is 9.73. The molecule has 1 aliphatic heterocycles. The van der Waals surface area contributed by atoms with Gasteiger partial charge in [-0.2, -0.15) is 0 Å². The largest absolute Gasteiger partial charge is 0.390 e. The van der Waals surface area contributed by atoms with Crippen molar-refractivity contribution in [1.29, 1.82) is 0 Å². The maximum absolute atomic E-state index is 12.1. The summed E-state index contributed by atoms with van der Waals surface area (Å²) in [6.07, 6.45) is -1.04. The number of nitrogens with zero attached hydrogens (tertiary/aromatic N) is 1. The molecule has 6 heteroatoms. The van der Waals surface area contributed by atoms with Gasteiger partial charge in [0.1, 0.15) is 0 Å². The highest BCUT2D eigenvalue weighted by Gasteiger charge is 2.41. The first-order chi connectivity index (χ1) is 8.61. The summed E-state index contributed by atoms with van der Waals surface area (Å²) in [6, 6.07) is 5.71. The van der Waals surface area contributed by atoms with E-state index in [0.29, 0.717) is 11.1 Å². The van der Waals surface area contributed by atoms with Crippen LogP contribution in [0.4, 0.5) is 0 Å². The molecular weight excluding hydrogens is 277 g/mol. The average molecular weight is 288 g/mol. The number of fused-ring (bicyclic) bond motifs is 1. The molecule has 4 nitrogen and oxygen atoms in total. The molecule has 0 saturated carbocycles. The first-order valence-corrected chi connectivity index (χ1v) is 6.45. The zero-order chi connectivity index (χ0) is 13.3.